The highest BCUT2D eigenvalue weighted by atomic mass is 17.0. The number of nitrogens with one attached hydrogen (secondary N) is 1. The number of benzene rings is 1. The number of esters is 1. The molecule has 0 aliphatic heterocycles. The normalized spacial score (nSPS) is 11.2. The average molecular weight is 282 g/mol. The minimum absolute atomic E-state index is 0.0633. The molecular formula is C12H14N2O6. The molecule has 0 saturated heterocycles. The molecule has 1 amide bonds. The van der Waals surface area contributed by atoms with Gasteiger partial charge in [0.25, 0.3) is 5.09 Å². The Morgan fingerprint density at radius 2 is 2.00 bits per heavy atom. The third kappa shape index (κ3) is 6.34. The molecule has 0 aliphatic carbocycles. The van der Waals surface area contributed by atoms with E-state index in [2.05, 4.69) is 10.2 Å². The number of rotatable bonds is 7. The molecule has 0 fully saturated rings. The fourth-order valence-corrected chi connectivity index (χ4v) is 1.40. The number of ether oxygens (including phenoxy) is 1. The number of hydrogen-bond donors (Lipinski definition) is 1. The maximum atomic E-state index is 11.5. The maximum Gasteiger partial charge on any atom is 0.311 e. The van der Waals surface area contributed by atoms with Gasteiger partial charge in [0.2, 0.25) is 5.91 Å². The first-order valence-corrected chi connectivity index (χ1v) is 5.81. The van der Waals surface area contributed by atoms with E-state index < -0.39 is 23.2 Å². The number of hydrogen-bond acceptors (Lipinski definition) is 6. The summed E-state index contributed by atoms with van der Waals surface area (Å²) in [6, 6.07) is 8.40. The Kier molecular flexibility index (Phi) is 5.95. The molecule has 108 valence electrons. The van der Waals surface area contributed by atoms with E-state index in [0.717, 1.165) is 0 Å². The van der Waals surface area contributed by atoms with Crippen molar-refractivity contribution in [1.29, 1.82) is 0 Å². The monoisotopic (exact) mass is 282 g/mol. The van der Waals surface area contributed by atoms with E-state index in [1.165, 1.54) is 6.92 Å². The van der Waals surface area contributed by atoms with Gasteiger partial charge in [0.15, 0.2) is 6.23 Å². The first kappa shape index (κ1) is 15.4. The Morgan fingerprint density at radius 3 is 2.55 bits per heavy atom. The first-order chi connectivity index (χ1) is 9.47. The molecule has 1 atom stereocenters. The van der Waals surface area contributed by atoms with E-state index in [-0.39, 0.29) is 12.8 Å². The van der Waals surface area contributed by atoms with Crippen molar-refractivity contribution in [1.82, 2.24) is 5.32 Å². The van der Waals surface area contributed by atoms with E-state index in [1.807, 2.05) is 0 Å². The molecule has 1 aromatic carbocycles. The number of carbonyl (C=O) groups is 2. The molecule has 0 radical (unpaired) electrons. The highest BCUT2D eigenvalue weighted by molar-refractivity contribution is 5.74. The summed E-state index contributed by atoms with van der Waals surface area (Å²) in [5.41, 5.74) is 0. The van der Waals surface area contributed by atoms with Crippen LogP contribution in [0.15, 0.2) is 30.3 Å². The van der Waals surface area contributed by atoms with Crippen LogP contribution in [0.5, 0.6) is 5.75 Å². The van der Waals surface area contributed by atoms with Crippen molar-refractivity contribution >= 4 is 11.9 Å². The number of carbonyl (C=O) groups excluding carboxylic acids is 2. The molecule has 1 N–H and O–H groups in total. The van der Waals surface area contributed by atoms with Gasteiger partial charge in [-0.2, -0.15) is 0 Å². The number of amides is 1. The summed E-state index contributed by atoms with van der Waals surface area (Å²) < 4.78 is 5.00. The van der Waals surface area contributed by atoms with Gasteiger partial charge in [-0.15, -0.1) is 10.1 Å². The molecule has 0 saturated carbocycles. The summed E-state index contributed by atoms with van der Waals surface area (Å²) >= 11 is 0. The van der Waals surface area contributed by atoms with Crippen LogP contribution in [0.1, 0.15) is 19.8 Å². The van der Waals surface area contributed by atoms with Crippen LogP contribution in [-0.2, 0) is 14.4 Å². The van der Waals surface area contributed by atoms with Crippen molar-refractivity contribution in [3.05, 3.63) is 40.4 Å². The van der Waals surface area contributed by atoms with E-state index in [9.17, 15) is 19.7 Å². The molecule has 1 rings (SSSR count). The topological polar surface area (TPSA) is 108 Å². The van der Waals surface area contributed by atoms with Crippen molar-refractivity contribution in [3.8, 4) is 5.75 Å². The lowest BCUT2D eigenvalue weighted by atomic mass is 10.3. The SMILES string of the molecule is CC(=O)NC(CCC(=O)Oc1ccccc1)O[N+](=O)[O-]. The van der Waals surface area contributed by atoms with Crippen molar-refractivity contribution < 1.29 is 24.3 Å². The summed E-state index contributed by atoms with van der Waals surface area (Å²) in [4.78, 5) is 36.9. The lowest BCUT2D eigenvalue weighted by Gasteiger charge is -2.14. The second-order valence-corrected chi connectivity index (χ2v) is 3.84. The highest BCUT2D eigenvalue weighted by Crippen LogP contribution is 2.10. The minimum Gasteiger partial charge on any atom is -0.427 e. The predicted molar refractivity (Wildman–Crippen MR) is 67.0 cm³/mol. The molecule has 8 nitrogen and oxygen atoms in total. The van der Waals surface area contributed by atoms with Gasteiger partial charge in [0.1, 0.15) is 5.75 Å². The Balaban J connectivity index is 2.43. The van der Waals surface area contributed by atoms with Gasteiger partial charge >= 0.3 is 5.97 Å². The highest BCUT2D eigenvalue weighted by Gasteiger charge is 2.17. The zero-order valence-corrected chi connectivity index (χ0v) is 10.8. The summed E-state index contributed by atoms with van der Waals surface area (Å²) in [5.74, 6) is -0.685. The van der Waals surface area contributed by atoms with E-state index >= 15 is 0 Å². The Bertz CT molecular complexity index is 460. The van der Waals surface area contributed by atoms with Crippen LogP contribution in [0, 0.1) is 10.1 Å². The molecule has 1 aromatic rings. The quantitative estimate of drug-likeness (QED) is 0.263. The van der Waals surface area contributed by atoms with Crippen LogP contribution in [-0.4, -0.2) is 23.2 Å². The molecule has 20 heavy (non-hydrogen) atoms. The molecule has 0 aromatic heterocycles. The molecule has 0 bridgehead atoms. The van der Waals surface area contributed by atoms with E-state index in [4.69, 9.17) is 4.74 Å². The smallest absolute Gasteiger partial charge is 0.311 e. The zero-order valence-electron chi connectivity index (χ0n) is 10.8. The van der Waals surface area contributed by atoms with Crippen molar-refractivity contribution in [3.63, 3.8) is 0 Å². The lowest BCUT2D eigenvalue weighted by molar-refractivity contribution is -0.769. The van der Waals surface area contributed by atoms with Crippen molar-refractivity contribution in [2.24, 2.45) is 0 Å². The van der Waals surface area contributed by atoms with Crippen molar-refractivity contribution in [2.75, 3.05) is 0 Å². The van der Waals surface area contributed by atoms with Crippen LogP contribution < -0.4 is 10.1 Å². The lowest BCUT2D eigenvalue weighted by Crippen LogP contribution is -2.37. The van der Waals surface area contributed by atoms with Gasteiger partial charge in [-0.1, -0.05) is 18.2 Å². The third-order valence-electron chi connectivity index (χ3n) is 2.16. The molecule has 0 heterocycles. The molecule has 1 unspecified atom stereocenters. The summed E-state index contributed by atoms with van der Waals surface area (Å²) in [5, 5.41) is 11.4. The van der Waals surface area contributed by atoms with Gasteiger partial charge in [-0.3, -0.25) is 14.4 Å². The Labute approximate surface area is 114 Å². The third-order valence-corrected chi connectivity index (χ3v) is 2.16. The van der Waals surface area contributed by atoms with E-state index in [0.29, 0.717) is 5.75 Å². The van der Waals surface area contributed by atoms with Crippen LogP contribution in [0.4, 0.5) is 0 Å². The fraction of sp³-hybridized carbons (Fsp3) is 0.333. The van der Waals surface area contributed by atoms with Crippen LogP contribution in [0.3, 0.4) is 0 Å². The summed E-state index contributed by atoms with van der Waals surface area (Å²) in [6.07, 6.45) is -1.37. The maximum absolute atomic E-state index is 11.5. The molecule has 0 spiro atoms. The van der Waals surface area contributed by atoms with Crippen LogP contribution >= 0.6 is 0 Å². The van der Waals surface area contributed by atoms with Gasteiger partial charge in [-0.05, 0) is 12.1 Å². The second-order valence-electron chi connectivity index (χ2n) is 3.84. The Morgan fingerprint density at radius 1 is 1.35 bits per heavy atom. The standard InChI is InChI=1S/C12H14N2O6/c1-9(15)13-11(20-14(17)18)7-8-12(16)19-10-5-3-2-4-6-10/h2-6,11H,7-8H2,1H3,(H,13,15). The largest absolute Gasteiger partial charge is 0.427 e. The first-order valence-electron chi connectivity index (χ1n) is 5.81. The van der Waals surface area contributed by atoms with Gasteiger partial charge in [0, 0.05) is 19.8 Å². The molecule has 8 heteroatoms. The van der Waals surface area contributed by atoms with Crippen LogP contribution in [0.2, 0.25) is 0 Å². The van der Waals surface area contributed by atoms with Crippen LogP contribution in [0.25, 0.3) is 0 Å². The molecule has 0 aliphatic rings. The molecular weight excluding hydrogens is 268 g/mol. The average Bonchev–Trinajstić information content (AvgIpc) is 2.36. The minimum atomic E-state index is -1.18. The van der Waals surface area contributed by atoms with Crippen molar-refractivity contribution in [2.45, 2.75) is 26.0 Å². The van der Waals surface area contributed by atoms with Gasteiger partial charge < -0.3 is 10.1 Å². The second kappa shape index (κ2) is 7.72. The number of para-hydroxylation sites is 1. The number of nitrogens with zero attached hydrogens (tertiary/aromatic N) is 1. The van der Waals surface area contributed by atoms with Gasteiger partial charge in [-0.25, -0.2) is 0 Å². The summed E-state index contributed by atoms with van der Waals surface area (Å²) in [7, 11) is 0. The zero-order chi connectivity index (χ0) is 15.0. The summed E-state index contributed by atoms with van der Waals surface area (Å²) in [6.45, 7) is 1.19. The van der Waals surface area contributed by atoms with E-state index in [1.54, 1.807) is 30.3 Å². The van der Waals surface area contributed by atoms with Gasteiger partial charge in [0.05, 0.1) is 0 Å². The predicted octanol–water partition coefficient (Wildman–Crippen LogP) is 1.04. The fourth-order valence-electron chi connectivity index (χ4n) is 1.40. The Hall–Kier alpha value is -2.64.